The third-order valence-electron chi connectivity index (χ3n) is 5.02. The molecule has 0 atom stereocenters. The standard InChI is InChI=1S/C25H19F3N2OS/c1-16-9-8-10-17(2)22(16)29-24-30(19-12-4-3-5-13-19)23(31)21(32-24)15-18-11-6-7-14-20(18)25(26,27)28/h3-15H,1-2H3. The number of amidine groups is 1. The Hall–Kier alpha value is -3.32. The second-order valence-electron chi connectivity index (χ2n) is 7.31. The summed E-state index contributed by atoms with van der Waals surface area (Å²) in [6, 6.07) is 20.0. The van der Waals surface area contributed by atoms with Crippen molar-refractivity contribution >= 4 is 40.3 Å². The molecule has 1 heterocycles. The van der Waals surface area contributed by atoms with Crippen molar-refractivity contribution in [2.24, 2.45) is 4.99 Å². The lowest BCUT2D eigenvalue weighted by Crippen LogP contribution is -2.28. The van der Waals surface area contributed by atoms with Crippen LogP contribution in [-0.2, 0) is 11.0 Å². The number of rotatable bonds is 3. The maximum atomic E-state index is 13.5. The van der Waals surface area contributed by atoms with Crippen LogP contribution in [0.25, 0.3) is 6.08 Å². The number of carbonyl (C=O) groups is 1. The number of aryl methyl sites for hydroxylation is 2. The van der Waals surface area contributed by atoms with Gasteiger partial charge in [-0.1, -0.05) is 54.6 Å². The summed E-state index contributed by atoms with van der Waals surface area (Å²) in [5.74, 6) is -0.414. The molecule has 0 saturated carbocycles. The van der Waals surface area contributed by atoms with E-state index in [1.165, 1.54) is 29.2 Å². The molecule has 0 bridgehead atoms. The third-order valence-corrected chi connectivity index (χ3v) is 5.99. The number of anilines is 1. The van der Waals surface area contributed by atoms with Crippen LogP contribution in [0.5, 0.6) is 0 Å². The van der Waals surface area contributed by atoms with Gasteiger partial charge in [-0.2, -0.15) is 13.2 Å². The summed E-state index contributed by atoms with van der Waals surface area (Å²) in [6.45, 7) is 3.86. The number of amides is 1. The largest absolute Gasteiger partial charge is 0.416 e. The van der Waals surface area contributed by atoms with Gasteiger partial charge in [-0.25, -0.2) is 4.99 Å². The van der Waals surface area contributed by atoms with Crippen LogP contribution in [0.4, 0.5) is 24.5 Å². The first-order valence-corrected chi connectivity index (χ1v) is 10.7. The van der Waals surface area contributed by atoms with E-state index in [1.54, 1.807) is 24.3 Å². The average molecular weight is 453 g/mol. The summed E-state index contributed by atoms with van der Waals surface area (Å²) < 4.78 is 40.4. The minimum Gasteiger partial charge on any atom is -0.268 e. The van der Waals surface area contributed by atoms with Crippen molar-refractivity contribution in [3.8, 4) is 0 Å². The normalized spacial score (nSPS) is 16.9. The van der Waals surface area contributed by atoms with Gasteiger partial charge in [-0.15, -0.1) is 0 Å². The topological polar surface area (TPSA) is 32.7 Å². The van der Waals surface area contributed by atoms with Crippen LogP contribution < -0.4 is 4.90 Å². The van der Waals surface area contributed by atoms with Gasteiger partial charge in [0, 0.05) is 0 Å². The fourth-order valence-corrected chi connectivity index (χ4v) is 4.43. The molecule has 0 radical (unpaired) electrons. The average Bonchev–Trinajstić information content (AvgIpc) is 3.06. The van der Waals surface area contributed by atoms with E-state index in [2.05, 4.69) is 0 Å². The Balaban J connectivity index is 1.84. The van der Waals surface area contributed by atoms with Gasteiger partial charge in [0.25, 0.3) is 5.91 Å². The van der Waals surface area contributed by atoms with Crippen molar-refractivity contribution in [1.82, 2.24) is 0 Å². The number of carbonyl (C=O) groups excluding carboxylic acids is 1. The molecule has 1 amide bonds. The first-order valence-electron chi connectivity index (χ1n) is 9.86. The van der Waals surface area contributed by atoms with E-state index < -0.39 is 17.6 Å². The van der Waals surface area contributed by atoms with Crippen molar-refractivity contribution in [2.45, 2.75) is 20.0 Å². The molecule has 1 saturated heterocycles. The number of hydrogen-bond donors (Lipinski definition) is 0. The first kappa shape index (κ1) is 21.9. The highest BCUT2D eigenvalue weighted by atomic mass is 32.2. The number of thioether (sulfide) groups is 1. The zero-order valence-corrected chi connectivity index (χ0v) is 18.2. The Morgan fingerprint density at radius 1 is 0.875 bits per heavy atom. The number of benzene rings is 3. The van der Waals surface area contributed by atoms with Crippen molar-refractivity contribution in [1.29, 1.82) is 0 Å². The molecule has 7 heteroatoms. The Morgan fingerprint density at radius 2 is 1.50 bits per heavy atom. The Labute approximate surface area is 188 Å². The molecule has 1 aliphatic heterocycles. The van der Waals surface area contributed by atoms with E-state index in [-0.39, 0.29) is 10.5 Å². The fraction of sp³-hybridized carbons (Fsp3) is 0.120. The molecule has 1 aliphatic rings. The van der Waals surface area contributed by atoms with Crippen LogP contribution in [0.15, 0.2) is 82.7 Å². The van der Waals surface area contributed by atoms with Crippen LogP contribution >= 0.6 is 11.8 Å². The summed E-state index contributed by atoms with van der Waals surface area (Å²) in [4.78, 5) is 19.7. The summed E-state index contributed by atoms with van der Waals surface area (Å²) >= 11 is 1.07. The van der Waals surface area contributed by atoms with Crippen LogP contribution in [0.3, 0.4) is 0 Å². The molecule has 32 heavy (non-hydrogen) atoms. The predicted molar refractivity (Wildman–Crippen MR) is 124 cm³/mol. The number of nitrogens with zero attached hydrogens (tertiary/aromatic N) is 2. The van der Waals surface area contributed by atoms with Gasteiger partial charge in [0.1, 0.15) is 0 Å². The monoisotopic (exact) mass is 452 g/mol. The molecule has 0 aromatic heterocycles. The number of hydrogen-bond acceptors (Lipinski definition) is 3. The first-order chi connectivity index (χ1) is 15.3. The SMILES string of the molecule is Cc1cccc(C)c1N=C1SC(=Cc2ccccc2C(F)(F)F)C(=O)N1c1ccccc1. The Bertz CT molecular complexity index is 1210. The molecule has 3 aromatic carbocycles. The minimum atomic E-state index is -4.52. The smallest absolute Gasteiger partial charge is 0.268 e. The molecule has 0 aliphatic carbocycles. The third kappa shape index (κ3) is 4.34. The van der Waals surface area contributed by atoms with Crippen LogP contribution in [0.2, 0.25) is 0 Å². The van der Waals surface area contributed by atoms with Crippen molar-refractivity contribution in [3.63, 3.8) is 0 Å². The molecular formula is C25H19F3N2OS. The van der Waals surface area contributed by atoms with Crippen LogP contribution in [0, 0.1) is 13.8 Å². The molecule has 4 rings (SSSR count). The maximum absolute atomic E-state index is 13.5. The highest BCUT2D eigenvalue weighted by Crippen LogP contribution is 2.40. The molecule has 162 valence electrons. The molecule has 3 aromatic rings. The number of halogens is 3. The predicted octanol–water partition coefficient (Wildman–Crippen LogP) is 7.13. The molecule has 0 spiro atoms. The zero-order chi connectivity index (χ0) is 22.9. The quantitative estimate of drug-likeness (QED) is 0.396. The Kier molecular flexibility index (Phi) is 5.93. The highest BCUT2D eigenvalue weighted by Gasteiger charge is 2.37. The Morgan fingerprint density at radius 3 is 2.16 bits per heavy atom. The summed E-state index contributed by atoms with van der Waals surface area (Å²) in [7, 11) is 0. The number of aliphatic imine (C=N–C) groups is 1. The van der Waals surface area contributed by atoms with Gasteiger partial charge in [0.15, 0.2) is 5.17 Å². The second-order valence-corrected chi connectivity index (χ2v) is 8.32. The minimum absolute atomic E-state index is 0.0582. The van der Waals surface area contributed by atoms with E-state index in [0.29, 0.717) is 10.9 Å². The van der Waals surface area contributed by atoms with Gasteiger partial charge in [-0.05, 0) is 66.6 Å². The maximum Gasteiger partial charge on any atom is 0.416 e. The van der Waals surface area contributed by atoms with Crippen LogP contribution in [0.1, 0.15) is 22.3 Å². The number of alkyl halides is 3. The summed E-state index contributed by atoms with van der Waals surface area (Å²) in [5.41, 5.74) is 2.38. The second kappa shape index (κ2) is 8.67. The van der Waals surface area contributed by atoms with Gasteiger partial charge in [0.2, 0.25) is 0 Å². The highest BCUT2D eigenvalue weighted by molar-refractivity contribution is 8.19. The zero-order valence-electron chi connectivity index (χ0n) is 17.4. The van der Waals surface area contributed by atoms with E-state index in [1.807, 2.05) is 38.1 Å². The van der Waals surface area contributed by atoms with Crippen LogP contribution in [-0.4, -0.2) is 11.1 Å². The summed E-state index contributed by atoms with van der Waals surface area (Å²) in [6.07, 6.45) is -3.23. The van der Waals surface area contributed by atoms with E-state index in [9.17, 15) is 18.0 Å². The lowest BCUT2D eigenvalue weighted by molar-refractivity contribution is -0.137. The van der Waals surface area contributed by atoms with E-state index >= 15 is 0 Å². The molecule has 1 fully saturated rings. The van der Waals surface area contributed by atoms with Crippen molar-refractivity contribution in [3.05, 3.63) is 100.0 Å². The fourth-order valence-electron chi connectivity index (χ4n) is 3.45. The van der Waals surface area contributed by atoms with Gasteiger partial charge >= 0.3 is 6.18 Å². The van der Waals surface area contributed by atoms with E-state index in [4.69, 9.17) is 4.99 Å². The van der Waals surface area contributed by atoms with Crippen molar-refractivity contribution in [2.75, 3.05) is 4.90 Å². The summed E-state index contributed by atoms with van der Waals surface area (Å²) in [5, 5.41) is 0.398. The molecule has 0 unspecified atom stereocenters. The van der Waals surface area contributed by atoms with E-state index in [0.717, 1.165) is 34.6 Å². The van der Waals surface area contributed by atoms with Gasteiger partial charge in [-0.3, -0.25) is 9.69 Å². The van der Waals surface area contributed by atoms with Gasteiger partial charge < -0.3 is 0 Å². The van der Waals surface area contributed by atoms with Gasteiger partial charge in [0.05, 0.1) is 21.8 Å². The molecule has 0 N–H and O–H groups in total. The lowest BCUT2D eigenvalue weighted by Gasteiger charge is -2.16. The molecule has 3 nitrogen and oxygen atoms in total. The lowest BCUT2D eigenvalue weighted by atomic mass is 10.1. The number of para-hydroxylation sites is 2. The molecular weight excluding hydrogens is 433 g/mol. The van der Waals surface area contributed by atoms with Crippen molar-refractivity contribution < 1.29 is 18.0 Å².